The molecular formula is C28H34N4O. The highest BCUT2D eigenvalue weighted by Gasteiger charge is 2.22. The van der Waals surface area contributed by atoms with Gasteiger partial charge in [-0.05, 0) is 48.4 Å². The molecule has 5 nitrogen and oxygen atoms in total. The quantitative estimate of drug-likeness (QED) is 0.496. The number of carbonyl (C=O) groups is 1. The summed E-state index contributed by atoms with van der Waals surface area (Å²) in [6.45, 7) is 9.36. The number of nitrogens with zero attached hydrogens (tertiary/aromatic N) is 2. The van der Waals surface area contributed by atoms with E-state index in [1.807, 2.05) is 48.7 Å². The first-order chi connectivity index (χ1) is 16.0. The normalized spacial score (nSPS) is 17.5. The monoisotopic (exact) mass is 442 g/mol. The Bertz CT molecular complexity index is 1030. The van der Waals surface area contributed by atoms with Gasteiger partial charge >= 0.3 is 0 Å². The van der Waals surface area contributed by atoms with E-state index in [0.29, 0.717) is 18.3 Å². The third-order valence-corrected chi connectivity index (χ3v) is 6.46. The van der Waals surface area contributed by atoms with Crippen molar-refractivity contribution >= 4 is 17.4 Å². The van der Waals surface area contributed by atoms with E-state index in [0.717, 1.165) is 24.3 Å². The van der Waals surface area contributed by atoms with E-state index in [1.54, 1.807) is 0 Å². The van der Waals surface area contributed by atoms with Crippen LogP contribution in [0.15, 0.2) is 72.9 Å². The maximum atomic E-state index is 13.3. The van der Waals surface area contributed by atoms with Gasteiger partial charge in [0.25, 0.3) is 0 Å². The molecule has 2 N–H and O–H groups in total. The topological polar surface area (TPSA) is 57.3 Å². The van der Waals surface area contributed by atoms with Crippen LogP contribution < -0.4 is 15.5 Å². The molecule has 1 saturated heterocycles. The molecule has 0 spiro atoms. The summed E-state index contributed by atoms with van der Waals surface area (Å²) in [5.74, 6) is 1.46. The van der Waals surface area contributed by atoms with Crippen LogP contribution in [0.4, 0.5) is 11.5 Å². The molecule has 172 valence electrons. The smallest absolute Gasteiger partial charge is 0.247 e. The molecule has 0 saturated carbocycles. The van der Waals surface area contributed by atoms with E-state index in [9.17, 15) is 4.79 Å². The molecule has 1 fully saturated rings. The van der Waals surface area contributed by atoms with E-state index < -0.39 is 6.04 Å². The zero-order valence-corrected chi connectivity index (χ0v) is 19.8. The molecule has 2 heterocycles. The van der Waals surface area contributed by atoms with E-state index >= 15 is 0 Å². The van der Waals surface area contributed by atoms with Gasteiger partial charge in [0.15, 0.2) is 0 Å². The van der Waals surface area contributed by atoms with Crippen LogP contribution in [0.25, 0.3) is 0 Å². The standard InChI is InChI=1S/C28H34N4O/c1-20-9-11-23(12-10-20)22(3)17-30-27(24-7-5-4-6-8-24)28(33)31-26-14-13-25(18-29-26)32-16-15-21(2)19-32/h4-14,18,21-22,27,30H,15-17,19H2,1-3H3,(H,29,31,33)/t21-,22-,27-/m1/s1. The Morgan fingerprint density at radius 1 is 1.06 bits per heavy atom. The van der Waals surface area contributed by atoms with Crippen molar-refractivity contribution in [3.8, 4) is 0 Å². The van der Waals surface area contributed by atoms with Crippen molar-refractivity contribution < 1.29 is 4.79 Å². The van der Waals surface area contributed by atoms with Crippen LogP contribution >= 0.6 is 0 Å². The second kappa shape index (κ2) is 10.6. The first-order valence-electron chi connectivity index (χ1n) is 11.9. The Balaban J connectivity index is 1.43. The summed E-state index contributed by atoms with van der Waals surface area (Å²) in [5.41, 5.74) is 4.56. The van der Waals surface area contributed by atoms with Crippen molar-refractivity contribution in [2.24, 2.45) is 5.92 Å². The lowest BCUT2D eigenvalue weighted by Crippen LogP contribution is -2.35. The third-order valence-electron chi connectivity index (χ3n) is 6.46. The number of aromatic nitrogens is 1. The van der Waals surface area contributed by atoms with Crippen molar-refractivity contribution in [3.63, 3.8) is 0 Å². The molecule has 4 rings (SSSR count). The van der Waals surface area contributed by atoms with Gasteiger partial charge in [0.05, 0.1) is 11.9 Å². The van der Waals surface area contributed by atoms with Crippen LogP contribution in [0, 0.1) is 12.8 Å². The molecule has 0 radical (unpaired) electrons. The summed E-state index contributed by atoms with van der Waals surface area (Å²) in [7, 11) is 0. The van der Waals surface area contributed by atoms with Gasteiger partial charge in [-0.2, -0.15) is 0 Å². The number of benzene rings is 2. The molecule has 0 aliphatic carbocycles. The van der Waals surface area contributed by atoms with Crippen molar-refractivity contribution in [1.29, 1.82) is 0 Å². The molecule has 5 heteroatoms. The number of anilines is 2. The Kier molecular flexibility index (Phi) is 7.40. The Labute approximate surface area is 197 Å². The first-order valence-corrected chi connectivity index (χ1v) is 11.9. The van der Waals surface area contributed by atoms with Crippen LogP contribution in [-0.2, 0) is 4.79 Å². The van der Waals surface area contributed by atoms with Gasteiger partial charge in [-0.25, -0.2) is 4.98 Å². The second-order valence-electron chi connectivity index (χ2n) is 9.29. The average molecular weight is 443 g/mol. The van der Waals surface area contributed by atoms with Gasteiger partial charge in [0.1, 0.15) is 11.9 Å². The lowest BCUT2D eigenvalue weighted by atomic mass is 9.98. The summed E-state index contributed by atoms with van der Waals surface area (Å²) in [4.78, 5) is 20.1. The van der Waals surface area contributed by atoms with E-state index in [2.05, 4.69) is 65.6 Å². The highest BCUT2D eigenvalue weighted by molar-refractivity contribution is 5.94. The highest BCUT2D eigenvalue weighted by Crippen LogP contribution is 2.24. The van der Waals surface area contributed by atoms with Crippen molar-refractivity contribution in [2.75, 3.05) is 29.9 Å². The van der Waals surface area contributed by atoms with Crippen LogP contribution in [0.3, 0.4) is 0 Å². The maximum absolute atomic E-state index is 13.3. The first kappa shape index (κ1) is 23.0. The summed E-state index contributed by atoms with van der Waals surface area (Å²) in [5, 5.41) is 6.49. The maximum Gasteiger partial charge on any atom is 0.247 e. The summed E-state index contributed by atoms with van der Waals surface area (Å²) < 4.78 is 0. The Morgan fingerprint density at radius 2 is 1.82 bits per heavy atom. The van der Waals surface area contributed by atoms with Gasteiger partial charge in [-0.3, -0.25) is 4.79 Å². The molecule has 1 aromatic heterocycles. The minimum absolute atomic E-state index is 0.104. The van der Waals surface area contributed by atoms with Crippen molar-refractivity contribution in [2.45, 2.75) is 39.2 Å². The average Bonchev–Trinajstić information content (AvgIpc) is 3.27. The molecule has 0 bridgehead atoms. The number of aryl methyl sites for hydroxylation is 1. The van der Waals surface area contributed by atoms with Gasteiger partial charge < -0.3 is 15.5 Å². The largest absolute Gasteiger partial charge is 0.370 e. The fourth-order valence-electron chi connectivity index (χ4n) is 4.33. The third kappa shape index (κ3) is 5.99. The molecule has 1 aliphatic heterocycles. The molecule has 33 heavy (non-hydrogen) atoms. The SMILES string of the molecule is Cc1ccc([C@H](C)CN[C@@H](C(=O)Nc2ccc(N3CC[C@@H](C)C3)cn2)c2ccccc2)cc1. The van der Waals surface area contributed by atoms with Gasteiger partial charge in [0.2, 0.25) is 5.91 Å². The van der Waals surface area contributed by atoms with Gasteiger partial charge in [0, 0.05) is 19.6 Å². The van der Waals surface area contributed by atoms with Gasteiger partial charge in [-0.15, -0.1) is 0 Å². The summed E-state index contributed by atoms with van der Waals surface area (Å²) in [6, 6.07) is 21.9. The minimum Gasteiger partial charge on any atom is -0.370 e. The van der Waals surface area contributed by atoms with Crippen LogP contribution in [0.1, 0.15) is 48.9 Å². The highest BCUT2D eigenvalue weighted by atomic mass is 16.2. The predicted molar refractivity (Wildman–Crippen MR) is 136 cm³/mol. The number of hydrogen-bond acceptors (Lipinski definition) is 4. The predicted octanol–water partition coefficient (Wildman–Crippen LogP) is 5.31. The number of amides is 1. The van der Waals surface area contributed by atoms with Crippen molar-refractivity contribution in [3.05, 3.63) is 89.6 Å². The number of carbonyl (C=O) groups excluding carboxylic acids is 1. The number of nitrogens with one attached hydrogen (secondary N) is 2. The van der Waals surface area contributed by atoms with Crippen molar-refractivity contribution in [1.82, 2.24) is 10.3 Å². The molecule has 3 atom stereocenters. The zero-order chi connectivity index (χ0) is 23.2. The summed E-state index contributed by atoms with van der Waals surface area (Å²) in [6.07, 6.45) is 3.07. The molecule has 0 unspecified atom stereocenters. The van der Waals surface area contributed by atoms with E-state index in [1.165, 1.54) is 17.5 Å². The Morgan fingerprint density at radius 3 is 2.45 bits per heavy atom. The van der Waals surface area contributed by atoms with Gasteiger partial charge in [-0.1, -0.05) is 74.0 Å². The molecular weight excluding hydrogens is 408 g/mol. The van der Waals surface area contributed by atoms with Crippen LogP contribution in [-0.4, -0.2) is 30.5 Å². The fourth-order valence-corrected chi connectivity index (χ4v) is 4.33. The fraction of sp³-hybridized carbons (Fsp3) is 0.357. The van der Waals surface area contributed by atoms with Crippen LogP contribution in [0.2, 0.25) is 0 Å². The second-order valence-corrected chi connectivity index (χ2v) is 9.29. The number of hydrogen-bond donors (Lipinski definition) is 2. The zero-order valence-electron chi connectivity index (χ0n) is 19.8. The summed E-state index contributed by atoms with van der Waals surface area (Å²) >= 11 is 0. The van der Waals surface area contributed by atoms with E-state index in [4.69, 9.17) is 0 Å². The lowest BCUT2D eigenvalue weighted by molar-refractivity contribution is -0.118. The molecule has 3 aromatic rings. The molecule has 2 aromatic carbocycles. The number of pyridine rings is 1. The van der Waals surface area contributed by atoms with Crippen LogP contribution in [0.5, 0.6) is 0 Å². The van der Waals surface area contributed by atoms with E-state index in [-0.39, 0.29) is 11.8 Å². The lowest BCUT2D eigenvalue weighted by Gasteiger charge is -2.22. The minimum atomic E-state index is -0.458. The molecule has 1 aliphatic rings. The molecule has 1 amide bonds. The number of rotatable bonds is 8. The Hall–Kier alpha value is -3.18.